The van der Waals surface area contributed by atoms with Gasteiger partial charge in [-0.15, -0.1) is 0 Å². The maximum absolute atomic E-state index is 12.7. The zero-order valence-electron chi connectivity index (χ0n) is 16.4. The molecule has 4 rings (SSSR count). The number of carbonyl (C=O) groups is 1. The van der Waals surface area contributed by atoms with Gasteiger partial charge in [-0.1, -0.05) is 24.2 Å². The number of nitrogens with one attached hydrogen (secondary N) is 1. The van der Waals surface area contributed by atoms with E-state index in [-0.39, 0.29) is 28.1 Å². The Hall–Kier alpha value is -1.71. The molecular formula is C20H27N3O4S2. The largest absolute Gasteiger partial charge is 0.343 e. The van der Waals surface area contributed by atoms with Crippen LogP contribution >= 0.6 is 11.3 Å². The van der Waals surface area contributed by atoms with Crippen LogP contribution in [-0.4, -0.2) is 42.9 Å². The van der Waals surface area contributed by atoms with Gasteiger partial charge in [-0.3, -0.25) is 14.2 Å². The standard InChI is InChI=1S/C20H27N3O4S2/c24-19(22-11-4-1-5-12-22)10-13-23-17-9-8-16(14-18(17)28-20(23)25)29(26,27)21-15-6-2-3-7-15/h8-9,14-15,21H,1-7,10-13H2. The zero-order valence-corrected chi connectivity index (χ0v) is 18.1. The lowest BCUT2D eigenvalue weighted by atomic mass is 10.1. The van der Waals surface area contributed by atoms with Gasteiger partial charge in [0.2, 0.25) is 15.9 Å². The number of aromatic nitrogens is 1. The first-order valence-corrected chi connectivity index (χ1v) is 12.7. The third kappa shape index (κ3) is 4.57. The molecule has 2 aromatic rings. The number of hydrogen-bond acceptors (Lipinski definition) is 5. The highest BCUT2D eigenvalue weighted by Gasteiger charge is 2.24. The molecule has 1 aromatic carbocycles. The van der Waals surface area contributed by atoms with Gasteiger partial charge in [0.1, 0.15) is 0 Å². The smallest absolute Gasteiger partial charge is 0.308 e. The van der Waals surface area contributed by atoms with Crippen molar-refractivity contribution in [3.05, 3.63) is 27.9 Å². The molecule has 9 heteroatoms. The lowest BCUT2D eigenvalue weighted by Crippen LogP contribution is -2.36. The number of amides is 1. The van der Waals surface area contributed by atoms with Crippen molar-refractivity contribution < 1.29 is 13.2 Å². The summed E-state index contributed by atoms with van der Waals surface area (Å²) in [5.74, 6) is 0.0795. The lowest BCUT2D eigenvalue weighted by molar-refractivity contribution is -0.132. The maximum Gasteiger partial charge on any atom is 0.308 e. The number of nitrogens with zero attached hydrogens (tertiary/aromatic N) is 2. The molecule has 1 amide bonds. The summed E-state index contributed by atoms with van der Waals surface area (Å²) in [6, 6.07) is 4.80. The summed E-state index contributed by atoms with van der Waals surface area (Å²) in [7, 11) is -3.59. The van der Waals surface area contributed by atoms with Gasteiger partial charge in [-0.05, 0) is 50.3 Å². The van der Waals surface area contributed by atoms with E-state index in [0.29, 0.717) is 16.8 Å². The van der Waals surface area contributed by atoms with Crippen LogP contribution in [0.4, 0.5) is 0 Å². The van der Waals surface area contributed by atoms with E-state index < -0.39 is 10.0 Å². The summed E-state index contributed by atoms with van der Waals surface area (Å²) < 4.78 is 30.3. The highest BCUT2D eigenvalue weighted by atomic mass is 32.2. The van der Waals surface area contributed by atoms with Crippen LogP contribution in [0.15, 0.2) is 27.9 Å². The van der Waals surface area contributed by atoms with Gasteiger partial charge < -0.3 is 4.90 Å². The van der Waals surface area contributed by atoms with Crippen LogP contribution in [0.5, 0.6) is 0 Å². The minimum Gasteiger partial charge on any atom is -0.343 e. The van der Waals surface area contributed by atoms with E-state index in [1.165, 1.54) is 6.42 Å². The molecular weight excluding hydrogens is 410 g/mol. The van der Waals surface area contributed by atoms with E-state index in [4.69, 9.17) is 0 Å². The number of benzene rings is 1. The number of thiazole rings is 1. The van der Waals surface area contributed by atoms with E-state index in [0.717, 1.165) is 63.0 Å². The first-order valence-electron chi connectivity index (χ1n) is 10.4. The molecule has 0 atom stereocenters. The van der Waals surface area contributed by atoms with Gasteiger partial charge in [0.25, 0.3) is 0 Å². The van der Waals surface area contributed by atoms with Crippen LogP contribution in [0.25, 0.3) is 10.2 Å². The van der Waals surface area contributed by atoms with Crippen molar-refractivity contribution in [3.8, 4) is 0 Å². The number of hydrogen-bond donors (Lipinski definition) is 1. The minimum atomic E-state index is -3.59. The van der Waals surface area contributed by atoms with Crippen molar-refractivity contribution in [1.82, 2.24) is 14.2 Å². The Labute approximate surface area is 174 Å². The molecule has 1 aliphatic carbocycles. The van der Waals surface area contributed by atoms with E-state index in [1.54, 1.807) is 22.8 Å². The summed E-state index contributed by atoms with van der Waals surface area (Å²) >= 11 is 1.03. The van der Waals surface area contributed by atoms with Gasteiger partial charge in [-0.2, -0.15) is 0 Å². The Morgan fingerprint density at radius 3 is 2.55 bits per heavy atom. The number of sulfonamides is 1. The number of fused-ring (bicyclic) bond motifs is 1. The van der Waals surface area contributed by atoms with Gasteiger partial charge in [0.05, 0.1) is 15.1 Å². The van der Waals surface area contributed by atoms with Crippen LogP contribution < -0.4 is 9.60 Å². The Morgan fingerprint density at radius 2 is 1.83 bits per heavy atom. The lowest BCUT2D eigenvalue weighted by Gasteiger charge is -2.26. The summed E-state index contributed by atoms with van der Waals surface area (Å²) in [5.41, 5.74) is 0.686. The average molecular weight is 438 g/mol. The van der Waals surface area contributed by atoms with Crippen LogP contribution in [0.2, 0.25) is 0 Å². The minimum absolute atomic E-state index is 0.000150. The first kappa shape index (κ1) is 20.6. The molecule has 158 valence electrons. The van der Waals surface area contributed by atoms with E-state index in [2.05, 4.69) is 4.72 Å². The predicted molar refractivity (Wildman–Crippen MR) is 114 cm³/mol. The van der Waals surface area contributed by atoms with Crippen molar-refractivity contribution in [2.75, 3.05) is 13.1 Å². The van der Waals surface area contributed by atoms with E-state index in [1.807, 2.05) is 4.90 Å². The highest BCUT2D eigenvalue weighted by molar-refractivity contribution is 7.89. The summed E-state index contributed by atoms with van der Waals surface area (Å²) in [6.45, 7) is 1.92. The Bertz CT molecular complexity index is 1050. The zero-order chi connectivity index (χ0) is 20.4. The number of aryl methyl sites for hydroxylation is 1. The van der Waals surface area contributed by atoms with Gasteiger partial charge >= 0.3 is 4.87 Å². The fourth-order valence-electron chi connectivity index (χ4n) is 4.27. The van der Waals surface area contributed by atoms with Gasteiger partial charge in [0, 0.05) is 32.1 Å². The molecule has 1 saturated heterocycles. The molecule has 1 N–H and O–H groups in total. The van der Waals surface area contributed by atoms with Crippen LogP contribution in [0, 0.1) is 0 Å². The molecule has 0 spiro atoms. The molecule has 2 heterocycles. The summed E-state index contributed by atoms with van der Waals surface area (Å²) in [5, 5.41) is 0. The number of likely N-dealkylation sites (tertiary alicyclic amines) is 1. The van der Waals surface area contributed by atoms with E-state index >= 15 is 0 Å². The maximum atomic E-state index is 12.7. The topological polar surface area (TPSA) is 88.5 Å². The van der Waals surface area contributed by atoms with Crippen LogP contribution in [0.3, 0.4) is 0 Å². The van der Waals surface area contributed by atoms with Gasteiger partial charge in [0.15, 0.2) is 0 Å². The van der Waals surface area contributed by atoms with Gasteiger partial charge in [-0.25, -0.2) is 13.1 Å². The SMILES string of the molecule is O=C(CCn1c(=O)sc2cc(S(=O)(=O)NC3CCCC3)ccc21)N1CCCCC1. The quantitative estimate of drug-likeness (QED) is 0.753. The molecule has 2 aliphatic rings. The fraction of sp³-hybridized carbons (Fsp3) is 0.600. The Balaban J connectivity index is 1.50. The summed E-state index contributed by atoms with van der Waals surface area (Å²) in [4.78, 5) is 26.8. The van der Waals surface area contributed by atoms with Crippen LogP contribution in [-0.2, 0) is 21.4 Å². The second-order valence-corrected chi connectivity index (χ2v) is 10.7. The van der Waals surface area contributed by atoms with Crippen LogP contribution in [0.1, 0.15) is 51.4 Å². The van der Waals surface area contributed by atoms with Crippen molar-refractivity contribution in [3.63, 3.8) is 0 Å². The predicted octanol–water partition coefficient (Wildman–Crippen LogP) is 2.69. The normalized spacial score (nSPS) is 18.6. The number of rotatable bonds is 6. The Morgan fingerprint density at radius 1 is 1.10 bits per heavy atom. The molecule has 0 bridgehead atoms. The summed E-state index contributed by atoms with van der Waals surface area (Å²) in [6.07, 6.45) is 7.37. The van der Waals surface area contributed by atoms with Crippen molar-refractivity contribution in [1.29, 1.82) is 0 Å². The number of piperidine rings is 1. The average Bonchev–Trinajstić information content (AvgIpc) is 3.32. The molecule has 1 aliphatic heterocycles. The fourth-order valence-corrected chi connectivity index (χ4v) is 6.63. The molecule has 29 heavy (non-hydrogen) atoms. The third-order valence-corrected chi connectivity index (χ3v) is 8.35. The molecule has 7 nitrogen and oxygen atoms in total. The van der Waals surface area contributed by atoms with Crippen molar-refractivity contribution in [2.45, 2.75) is 68.8 Å². The second kappa shape index (κ2) is 8.57. The molecule has 0 radical (unpaired) electrons. The van der Waals surface area contributed by atoms with Crippen molar-refractivity contribution >= 4 is 37.5 Å². The second-order valence-electron chi connectivity index (χ2n) is 7.94. The van der Waals surface area contributed by atoms with E-state index in [9.17, 15) is 18.0 Å². The Kier molecular flexibility index (Phi) is 6.08. The molecule has 1 saturated carbocycles. The molecule has 1 aromatic heterocycles. The van der Waals surface area contributed by atoms with Crippen molar-refractivity contribution in [2.24, 2.45) is 0 Å². The third-order valence-electron chi connectivity index (χ3n) is 5.89. The highest BCUT2D eigenvalue weighted by Crippen LogP contribution is 2.24. The molecule has 2 fully saturated rings. The number of carbonyl (C=O) groups excluding carboxylic acids is 1. The monoisotopic (exact) mass is 437 g/mol. The first-order chi connectivity index (χ1) is 13.9. The molecule has 0 unspecified atom stereocenters.